The molecular weight excluding hydrogens is 329 g/mol. The number of benzene rings is 1. The second kappa shape index (κ2) is 7.13. The van der Waals surface area contributed by atoms with Crippen molar-refractivity contribution in [2.45, 2.75) is 26.2 Å². The fourth-order valence-electron chi connectivity index (χ4n) is 2.85. The third-order valence-electron chi connectivity index (χ3n) is 3.98. The van der Waals surface area contributed by atoms with Crippen LogP contribution in [0.4, 0.5) is 9.39 Å². The van der Waals surface area contributed by atoms with Crippen molar-refractivity contribution in [3.63, 3.8) is 0 Å². The van der Waals surface area contributed by atoms with Gasteiger partial charge < -0.3 is 10.1 Å². The summed E-state index contributed by atoms with van der Waals surface area (Å²) in [7, 11) is 0. The van der Waals surface area contributed by atoms with E-state index in [2.05, 4.69) is 5.32 Å². The number of carbonyl (C=O) groups excluding carboxylic acids is 2. The van der Waals surface area contributed by atoms with Crippen LogP contribution in [-0.2, 0) is 17.6 Å². The number of ketones is 1. The summed E-state index contributed by atoms with van der Waals surface area (Å²) in [4.78, 5) is 25.7. The molecular formula is C18H18FNO3S. The molecule has 1 N–H and O–H groups in total. The molecule has 1 aliphatic rings. The Morgan fingerprint density at radius 3 is 2.71 bits per heavy atom. The smallest absolute Gasteiger partial charge is 0.341 e. The van der Waals surface area contributed by atoms with Gasteiger partial charge in [0, 0.05) is 10.4 Å². The molecule has 1 aliphatic carbocycles. The molecule has 1 aromatic heterocycles. The molecule has 0 aliphatic heterocycles. The van der Waals surface area contributed by atoms with Crippen molar-refractivity contribution in [3.05, 3.63) is 51.7 Å². The number of carbonyl (C=O) groups is 2. The lowest BCUT2D eigenvalue weighted by atomic mass is 10.1. The van der Waals surface area contributed by atoms with Crippen LogP contribution in [0.15, 0.2) is 24.3 Å². The van der Waals surface area contributed by atoms with Gasteiger partial charge in [0.1, 0.15) is 10.8 Å². The molecule has 0 saturated heterocycles. The molecule has 1 aromatic carbocycles. The predicted octanol–water partition coefficient (Wildman–Crippen LogP) is 3.85. The van der Waals surface area contributed by atoms with Crippen molar-refractivity contribution in [3.8, 4) is 0 Å². The zero-order valence-corrected chi connectivity index (χ0v) is 14.2. The monoisotopic (exact) mass is 347 g/mol. The number of hydrogen-bond donors (Lipinski definition) is 1. The fourth-order valence-corrected chi connectivity index (χ4v) is 4.12. The number of rotatable bonds is 6. The molecule has 3 rings (SSSR count). The minimum atomic E-state index is -0.376. The number of hydrogen-bond acceptors (Lipinski definition) is 5. The fraction of sp³-hybridized carbons (Fsp3) is 0.333. The molecule has 1 heterocycles. The molecule has 0 atom stereocenters. The molecule has 0 unspecified atom stereocenters. The summed E-state index contributed by atoms with van der Waals surface area (Å²) < 4.78 is 18.1. The lowest BCUT2D eigenvalue weighted by Crippen LogP contribution is -2.16. The standard InChI is InChI=1S/C18H18FNO3S/c1-2-23-18(22)16-13-4-3-5-15(13)24-17(16)20-10-14(21)11-6-8-12(19)9-7-11/h6-9,20H,2-5,10H2,1H3. The number of fused-ring (bicyclic) bond motifs is 1. The second-order valence-electron chi connectivity index (χ2n) is 5.57. The lowest BCUT2D eigenvalue weighted by molar-refractivity contribution is 0.0526. The van der Waals surface area contributed by atoms with Gasteiger partial charge in [-0.2, -0.15) is 0 Å². The van der Waals surface area contributed by atoms with Crippen molar-refractivity contribution in [1.82, 2.24) is 0 Å². The summed E-state index contributed by atoms with van der Waals surface area (Å²) in [5.74, 6) is -0.870. The van der Waals surface area contributed by atoms with Crippen molar-refractivity contribution < 1.29 is 18.7 Å². The average Bonchev–Trinajstić information content (AvgIpc) is 3.13. The summed E-state index contributed by atoms with van der Waals surface area (Å²) in [5, 5.41) is 3.76. The number of Topliss-reactive ketones (excluding diaryl/α,β-unsaturated/α-hetero) is 1. The first-order valence-electron chi connectivity index (χ1n) is 7.94. The normalized spacial score (nSPS) is 12.8. The molecule has 0 radical (unpaired) electrons. The Morgan fingerprint density at radius 1 is 1.25 bits per heavy atom. The number of anilines is 1. The van der Waals surface area contributed by atoms with E-state index in [1.807, 2.05) is 0 Å². The van der Waals surface area contributed by atoms with Crippen LogP contribution in [0.25, 0.3) is 0 Å². The Balaban J connectivity index is 1.76. The van der Waals surface area contributed by atoms with Gasteiger partial charge in [0.15, 0.2) is 5.78 Å². The van der Waals surface area contributed by atoms with Crippen molar-refractivity contribution in [2.75, 3.05) is 18.5 Å². The minimum Gasteiger partial charge on any atom is -0.462 e. The van der Waals surface area contributed by atoms with Gasteiger partial charge in [0.2, 0.25) is 0 Å². The molecule has 0 amide bonds. The SMILES string of the molecule is CCOC(=O)c1c(NCC(=O)c2ccc(F)cc2)sc2c1CCC2. The van der Waals surface area contributed by atoms with Crippen molar-refractivity contribution in [2.24, 2.45) is 0 Å². The Kier molecular flexibility index (Phi) is 4.94. The van der Waals surface area contributed by atoms with Gasteiger partial charge in [-0.25, -0.2) is 9.18 Å². The highest BCUT2D eigenvalue weighted by Gasteiger charge is 2.27. The maximum Gasteiger partial charge on any atom is 0.341 e. The van der Waals surface area contributed by atoms with Crippen LogP contribution in [0.2, 0.25) is 0 Å². The van der Waals surface area contributed by atoms with E-state index in [-0.39, 0.29) is 24.1 Å². The molecule has 0 saturated carbocycles. The summed E-state index contributed by atoms with van der Waals surface area (Å²) in [5.41, 5.74) is 2.06. The van der Waals surface area contributed by atoms with E-state index in [9.17, 15) is 14.0 Å². The highest BCUT2D eigenvalue weighted by molar-refractivity contribution is 7.16. The van der Waals surface area contributed by atoms with Crippen LogP contribution >= 0.6 is 11.3 Å². The van der Waals surface area contributed by atoms with Crippen LogP contribution in [0.3, 0.4) is 0 Å². The van der Waals surface area contributed by atoms with Crippen LogP contribution in [0, 0.1) is 5.82 Å². The Morgan fingerprint density at radius 2 is 2.00 bits per heavy atom. The number of esters is 1. The van der Waals surface area contributed by atoms with Gasteiger partial charge in [-0.1, -0.05) is 0 Å². The van der Waals surface area contributed by atoms with E-state index in [0.717, 1.165) is 24.8 Å². The molecule has 126 valence electrons. The van der Waals surface area contributed by atoms with E-state index >= 15 is 0 Å². The molecule has 0 spiro atoms. The van der Waals surface area contributed by atoms with Crippen molar-refractivity contribution >= 4 is 28.1 Å². The maximum absolute atomic E-state index is 12.9. The quantitative estimate of drug-likeness (QED) is 0.637. The number of ether oxygens (including phenoxy) is 1. The largest absolute Gasteiger partial charge is 0.462 e. The lowest BCUT2D eigenvalue weighted by Gasteiger charge is -2.08. The highest BCUT2D eigenvalue weighted by Crippen LogP contribution is 2.39. The van der Waals surface area contributed by atoms with Crippen molar-refractivity contribution in [1.29, 1.82) is 0 Å². The number of thiophene rings is 1. The highest BCUT2D eigenvalue weighted by atomic mass is 32.1. The topological polar surface area (TPSA) is 55.4 Å². The molecule has 0 fully saturated rings. The third-order valence-corrected chi connectivity index (χ3v) is 5.23. The van der Waals surface area contributed by atoms with Gasteiger partial charge in [-0.15, -0.1) is 11.3 Å². The van der Waals surface area contributed by atoms with Crippen LogP contribution in [0.5, 0.6) is 0 Å². The van der Waals surface area contributed by atoms with Gasteiger partial charge >= 0.3 is 5.97 Å². The summed E-state index contributed by atoms with van der Waals surface area (Å²) in [6.07, 6.45) is 2.87. The summed E-state index contributed by atoms with van der Waals surface area (Å²) >= 11 is 1.52. The Hall–Kier alpha value is -2.21. The van der Waals surface area contributed by atoms with E-state index in [4.69, 9.17) is 4.74 Å². The first kappa shape index (κ1) is 16.6. The van der Waals surface area contributed by atoms with E-state index < -0.39 is 0 Å². The zero-order chi connectivity index (χ0) is 17.1. The first-order chi connectivity index (χ1) is 11.6. The van der Waals surface area contributed by atoms with E-state index in [1.54, 1.807) is 6.92 Å². The van der Waals surface area contributed by atoms with Crippen LogP contribution in [-0.4, -0.2) is 24.9 Å². The average molecular weight is 347 g/mol. The number of aryl methyl sites for hydroxylation is 1. The molecule has 2 aromatic rings. The predicted molar refractivity (Wildman–Crippen MR) is 91.5 cm³/mol. The summed E-state index contributed by atoms with van der Waals surface area (Å²) in [6, 6.07) is 5.44. The Bertz CT molecular complexity index is 767. The maximum atomic E-state index is 12.9. The number of halogens is 1. The van der Waals surface area contributed by atoms with E-state index in [0.29, 0.717) is 22.7 Å². The molecule has 6 heteroatoms. The first-order valence-corrected chi connectivity index (χ1v) is 8.76. The van der Waals surface area contributed by atoms with Gasteiger partial charge in [-0.05, 0) is 56.0 Å². The molecule has 0 bridgehead atoms. The minimum absolute atomic E-state index is 0.0530. The van der Waals surface area contributed by atoms with Gasteiger partial charge in [0.25, 0.3) is 0 Å². The summed E-state index contributed by atoms with van der Waals surface area (Å²) in [6.45, 7) is 2.14. The van der Waals surface area contributed by atoms with Gasteiger partial charge in [0.05, 0.1) is 18.7 Å². The number of nitrogens with one attached hydrogen (secondary N) is 1. The molecule has 4 nitrogen and oxygen atoms in total. The van der Waals surface area contributed by atoms with Crippen LogP contribution in [0.1, 0.15) is 44.5 Å². The Labute approximate surface area is 143 Å². The van der Waals surface area contributed by atoms with Crippen LogP contribution < -0.4 is 5.32 Å². The third kappa shape index (κ3) is 3.33. The molecule has 24 heavy (non-hydrogen) atoms. The zero-order valence-electron chi connectivity index (χ0n) is 13.4. The van der Waals surface area contributed by atoms with E-state index in [1.165, 1.54) is 40.5 Å². The van der Waals surface area contributed by atoms with Gasteiger partial charge in [-0.3, -0.25) is 4.79 Å². The second-order valence-corrected chi connectivity index (χ2v) is 6.67.